The molecule has 0 aliphatic heterocycles. The molecule has 23 heavy (non-hydrogen) atoms. The quantitative estimate of drug-likeness (QED) is 0.676. The van der Waals surface area contributed by atoms with Crippen LogP contribution in [0.4, 0.5) is 5.69 Å². The van der Waals surface area contributed by atoms with E-state index in [9.17, 15) is 9.59 Å². The van der Waals surface area contributed by atoms with Crippen molar-refractivity contribution in [2.45, 2.75) is 6.42 Å². The molecule has 6 nitrogen and oxygen atoms in total. The number of amides is 2. The van der Waals surface area contributed by atoms with Gasteiger partial charge in [-0.3, -0.25) is 14.6 Å². The second kappa shape index (κ2) is 6.74. The van der Waals surface area contributed by atoms with Crippen LogP contribution < -0.4 is 10.6 Å². The minimum atomic E-state index is -0.199. The first-order chi connectivity index (χ1) is 11.2. The van der Waals surface area contributed by atoms with Gasteiger partial charge in [-0.25, -0.2) is 0 Å². The lowest BCUT2D eigenvalue weighted by Crippen LogP contribution is -2.27. The second-order valence-electron chi connectivity index (χ2n) is 5.04. The molecule has 0 aliphatic rings. The average molecular weight is 308 g/mol. The van der Waals surface area contributed by atoms with Crippen LogP contribution in [0.2, 0.25) is 0 Å². The fourth-order valence-corrected chi connectivity index (χ4v) is 2.32. The SMILES string of the molecule is O=C(CCNC(=O)c1cccc2cc[nH]c12)Nc1ccncc1. The third-order valence-corrected chi connectivity index (χ3v) is 3.43. The number of pyridine rings is 1. The number of anilines is 1. The molecular weight excluding hydrogens is 292 g/mol. The zero-order valence-electron chi connectivity index (χ0n) is 12.4. The number of aromatic amines is 1. The number of carbonyl (C=O) groups is 2. The fraction of sp³-hybridized carbons (Fsp3) is 0.118. The lowest BCUT2D eigenvalue weighted by atomic mass is 10.1. The summed E-state index contributed by atoms with van der Waals surface area (Å²) in [4.78, 5) is 31.0. The summed E-state index contributed by atoms with van der Waals surface area (Å²) in [5, 5.41) is 6.49. The number of nitrogens with zero attached hydrogens (tertiary/aromatic N) is 1. The molecule has 2 amide bonds. The van der Waals surface area contributed by atoms with Crippen molar-refractivity contribution < 1.29 is 9.59 Å². The highest BCUT2D eigenvalue weighted by atomic mass is 16.2. The van der Waals surface area contributed by atoms with Gasteiger partial charge in [0.05, 0.1) is 11.1 Å². The van der Waals surface area contributed by atoms with Gasteiger partial charge < -0.3 is 15.6 Å². The molecule has 2 heterocycles. The molecule has 1 aromatic carbocycles. The number of benzene rings is 1. The van der Waals surface area contributed by atoms with Gasteiger partial charge in [-0.05, 0) is 24.3 Å². The zero-order valence-corrected chi connectivity index (χ0v) is 12.4. The maximum atomic E-state index is 12.2. The van der Waals surface area contributed by atoms with Crippen molar-refractivity contribution in [2.24, 2.45) is 0 Å². The Morgan fingerprint density at radius 1 is 1.09 bits per heavy atom. The van der Waals surface area contributed by atoms with E-state index in [1.807, 2.05) is 18.2 Å². The maximum Gasteiger partial charge on any atom is 0.253 e. The maximum absolute atomic E-state index is 12.2. The number of aromatic nitrogens is 2. The van der Waals surface area contributed by atoms with Crippen LogP contribution in [0.3, 0.4) is 0 Å². The second-order valence-corrected chi connectivity index (χ2v) is 5.04. The topological polar surface area (TPSA) is 86.9 Å². The molecular formula is C17H16N4O2. The van der Waals surface area contributed by atoms with E-state index in [-0.39, 0.29) is 24.8 Å². The highest BCUT2D eigenvalue weighted by Crippen LogP contribution is 2.16. The van der Waals surface area contributed by atoms with Gasteiger partial charge in [0.2, 0.25) is 5.91 Å². The van der Waals surface area contributed by atoms with E-state index in [0.29, 0.717) is 11.3 Å². The standard InChI is InChI=1S/C17H16N4O2/c22-15(21-13-5-8-18-9-6-13)7-11-20-17(23)14-3-1-2-12-4-10-19-16(12)14/h1-6,8-10,19H,7,11H2,(H,20,23)(H,18,21,22). The number of hydrogen-bond donors (Lipinski definition) is 3. The largest absolute Gasteiger partial charge is 0.361 e. The number of hydrogen-bond acceptors (Lipinski definition) is 3. The molecule has 0 atom stereocenters. The number of carbonyl (C=O) groups excluding carboxylic acids is 2. The van der Waals surface area contributed by atoms with Crippen molar-refractivity contribution in [1.82, 2.24) is 15.3 Å². The third-order valence-electron chi connectivity index (χ3n) is 3.43. The normalized spacial score (nSPS) is 10.4. The van der Waals surface area contributed by atoms with Gasteiger partial charge in [0.1, 0.15) is 0 Å². The molecule has 0 saturated carbocycles. The molecule has 0 saturated heterocycles. The molecule has 3 rings (SSSR count). The minimum Gasteiger partial charge on any atom is -0.361 e. The highest BCUT2D eigenvalue weighted by Gasteiger charge is 2.11. The number of fused-ring (bicyclic) bond motifs is 1. The first-order valence-corrected chi connectivity index (χ1v) is 7.28. The Morgan fingerprint density at radius 2 is 1.91 bits per heavy atom. The summed E-state index contributed by atoms with van der Waals surface area (Å²) in [7, 11) is 0. The molecule has 0 bridgehead atoms. The van der Waals surface area contributed by atoms with Crippen molar-refractivity contribution in [2.75, 3.05) is 11.9 Å². The smallest absolute Gasteiger partial charge is 0.253 e. The summed E-state index contributed by atoms with van der Waals surface area (Å²) < 4.78 is 0. The number of para-hydroxylation sites is 1. The number of rotatable bonds is 5. The lowest BCUT2D eigenvalue weighted by Gasteiger charge is -2.07. The summed E-state index contributed by atoms with van der Waals surface area (Å²) in [6.07, 6.45) is 5.21. The van der Waals surface area contributed by atoms with Crippen LogP contribution in [-0.2, 0) is 4.79 Å². The first kappa shape index (κ1) is 14.8. The van der Waals surface area contributed by atoms with Crippen LogP contribution in [0.25, 0.3) is 10.9 Å². The molecule has 6 heteroatoms. The molecule has 3 N–H and O–H groups in total. The highest BCUT2D eigenvalue weighted by molar-refractivity contribution is 6.05. The molecule has 0 radical (unpaired) electrons. The Morgan fingerprint density at radius 3 is 2.74 bits per heavy atom. The Bertz CT molecular complexity index is 827. The first-order valence-electron chi connectivity index (χ1n) is 7.28. The molecule has 0 spiro atoms. The van der Waals surface area contributed by atoms with Crippen LogP contribution in [0, 0.1) is 0 Å². The van der Waals surface area contributed by atoms with Crippen molar-refractivity contribution in [3.63, 3.8) is 0 Å². The van der Waals surface area contributed by atoms with Crippen LogP contribution in [0.5, 0.6) is 0 Å². The molecule has 0 aliphatic carbocycles. The Balaban J connectivity index is 1.53. The van der Waals surface area contributed by atoms with E-state index in [1.165, 1.54) is 0 Å². The van der Waals surface area contributed by atoms with Gasteiger partial charge in [0, 0.05) is 42.6 Å². The van der Waals surface area contributed by atoms with E-state index in [0.717, 1.165) is 10.9 Å². The molecule has 116 valence electrons. The van der Waals surface area contributed by atoms with E-state index < -0.39 is 0 Å². The lowest BCUT2D eigenvalue weighted by molar-refractivity contribution is -0.116. The Hall–Kier alpha value is -3.15. The van der Waals surface area contributed by atoms with Crippen LogP contribution in [0.1, 0.15) is 16.8 Å². The Kier molecular flexibility index (Phi) is 4.33. The van der Waals surface area contributed by atoms with Crippen LogP contribution in [0.15, 0.2) is 55.0 Å². The van der Waals surface area contributed by atoms with Crippen molar-refractivity contribution in [3.8, 4) is 0 Å². The van der Waals surface area contributed by atoms with Crippen LogP contribution in [-0.4, -0.2) is 28.3 Å². The molecule has 0 unspecified atom stereocenters. The number of H-pyrrole nitrogens is 1. The van der Waals surface area contributed by atoms with E-state index in [1.54, 1.807) is 36.8 Å². The van der Waals surface area contributed by atoms with Gasteiger partial charge in [0.25, 0.3) is 5.91 Å². The molecule has 0 fully saturated rings. The predicted molar refractivity (Wildman–Crippen MR) is 88.1 cm³/mol. The summed E-state index contributed by atoms with van der Waals surface area (Å²) in [6, 6.07) is 10.9. The summed E-state index contributed by atoms with van der Waals surface area (Å²) in [6.45, 7) is 0.271. The monoisotopic (exact) mass is 308 g/mol. The average Bonchev–Trinajstić information content (AvgIpc) is 3.04. The van der Waals surface area contributed by atoms with Crippen molar-refractivity contribution in [3.05, 3.63) is 60.6 Å². The minimum absolute atomic E-state index is 0.158. The van der Waals surface area contributed by atoms with Crippen LogP contribution >= 0.6 is 0 Å². The predicted octanol–water partition coefficient (Wildman–Crippen LogP) is 2.32. The molecule has 3 aromatic rings. The van der Waals surface area contributed by atoms with E-state index in [2.05, 4.69) is 20.6 Å². The van der Waals surface area contributed by atoms with Crippen molar-refractivity contribution >= 4 is 28.4 Å². The van der Waals surface area contributed by atoms with Gasteiger partial charge in [-0.2, -0.15) is 0 Å². The fourth-order valence-electron chi connectivity index (χ4n) is 2.32. The summed E-state index contributed by atoms with van der Waals surface area (Å²) >= 11 is 0. The molecule has 2 aromatic heterocycles. The Labute approximate surface area is 132 Å². The van der Waals surface area contributed by atoms with Gasteiger partial charge in [0.15, 0.2) is 0 Å². The number of nitrogens with one attached hydrogen (secondary N) is 3. The third kappa shape index (κ3) is 3.55. The van der Waals surface area contributed by atoms with Gasteiger partial charge in [-0.15, -0.1) is 0 Å². The van der Waals surface area contributed by atoms with Crippen molar-refractivity contribution in [1.29, 1.82) is 0 Å². The van der Waals surface area contributed by atoms with E-state index >= 15 is 0 Å². The summed E-state index contributed by atoms with van der Waals surface area (Å²) in [5.41, 5.74) is 2.06. The van der Waals surface area contributed by atoms with E-state index in [4.69, 9.17) is 0 Å². The summed E-state index contributed by atoms with van der Waals surface area (Å²) in [5.74, 6) is -0.357. The van der Waals surface area contributed by atoms with Gasteiger partial charge in [-0.1, -0.05) is 12.1 Å². The zero-order chi connectivity index (χ0) is 16.1. The van der Waals surface area contributed by atoms with Gasteiger partial charge >= 0.3 is 0 Å².